The van der Waals surface area contributed by atoms with Crippen molar-refractivity contribution in [3.8, 4) is 0 Å². The molecule has 11 heteroatoms. The van der Waals surface area contributed by atoms with Gasteiger partial charge >= 0.3 is 0 Å². The largest absolute Gasteiger partial charge is 0.353 e. The van der Waals surface area contributed by atoms with Gasteiger partial charge in [-0.15, -0.1) is 0 Å². The van der Waals surface area contributed by atoms with Crippen LogP contribution in [0.4, 0.5) is 5.69 Å². The van der Waals surface area contributed by atoms with Gasteiger partial charge in [-0.2, -0.15) is 0 Å². The molecular weight excluding hydrogens is 416 g/mol. The zero-order chi connectivity index (χ0) is 21.8. The molecule has 0 aliphatic carbocycles. The number of hydrogen-bond donors (Lipinski definition) is 2. The Bertz CT molecular complexity index is 1050. The van der Waals surface area contributed by atoms with Gasteiger partial charge in [-0.25, -0.2) is 0 Å². The van der Waals surface area contributed by atoms with E-state index in [1.807, 2.05) is 0 Å². The van der Waals surface area contributed by atoms with Crippen molar-refractivity contribution in [2.24, 2.45) is 0 Å². The second-order valence-electron chi connectivity index (χ2n) is 6.30. The number of carbonyl (C=O) groups excluding carboxylic acids is 4. The number of hydrogen-bond acceptors (Lipinski definition) is 6. The van der Waals surface area contributed by atoms with Gasteiger partial charge in [0.05, 0.1) is 16.1 Å². The van der Waals surface area contributed by atoms with Gasteiger partial charge in [0.25, 0.3) is 23.4 Å². The van der Waals surface area contributed by atoms with E-state index in [-0.39, 0.29) is 35.8 Å². The third-order valence-electron chi connectivity index (χ3n) is 4.31. The van der Waals surface area contributed by atoms with Crippen molar-refractivity contribution in [2.45, 2.75) is 0 Å². The number of fused-ring (bicyclic) bond motifs is 1. The quantitative estimate of drug-likeness (QED) is 0.294. The van der Waals surface area contributed by atoms with Crippen LogP contribution in [0.5, 0.6) is 0 Å². The maximum atomic E-state index is 12.4. The topological polar surface area (TPSA) is 139 Å². The number of halogens is 1. The average molecular weight is 431 g/mol. The molecule has 0 saturated heterocycles. The molecule has 0 aromatic heterocycles. The van der Waals surface area contributed by atoms with Gasteiger partial charge < -0.3 is 10.6 Å². The van der Waals surface area contributed by atoms with Gasteiger partial charge in [-0.3, -0.25) is 34.2 Å². The molecule has 1 aliphatic rings. The number of nitrogens with one attached hydrogen (secondary N) is 2. The summed E-state index contributed by atoms with van der Waals surface area (Å²) < 4.78 is 0. The Morgan fingerprint density at radius 2 is 1.60 bits per heavy atom. The summed E-state index contributed by atoms with van der Waals surface area (Å²) in [5.74, 6) is -2.43. The van der Waals surface area contributed by atoms with Crippen molar-refractivity contribution in [3.63, 3.8) is 0 Å². The maximum absolute atomic E-state index is 12.4. The summed E-state index contributed by atoms with van der Waals surface area (Å²) in [6, 6.07) is 9.60. The number of nitro groups is 1. The van der Waals surface area contributed by atoms with Crippen molar-refractivity contribution in [2.75, 3.05) is 19.6 Å². The predicted molar refractivity (Wildman–Crippen MR) is 105 cm³/mol. The molecule has 0 unspecified atom stereocenters. The van der Waals surface area contributed by atoms with E-state index in [0.717, 1.165) is 17.0 Å². The second-order valence-corrected chi connectivity index (χ2v) is 6.73. The van der Waals surface area contributed by atoms with Crippen LogP contribution < -0.4 is 10.6 Å². The van der Waals surface area contributed by atoms with E-state index in [2.05, 4.69) is 10.6 Å². The minimum Gasteiger partial charge on any atom is -0.353 e. The maximum Gasteiger partial charge on any atom is 0.270 e. The first-order chi connectivity index (χ1) is 14.3. The van der Waals surface area contributed by atoms with E-state index in [9.17, 15) is 29.3 Å². The Morgan fingerprint density at radius 3 is 2.27 bits per heavy atom. The van der Waals surface area contributed by atoms with Gasteiger partial charge in [0.1, 0.15) is 6.54 Å². The Labute approximate surface area is 174 Å². The molecule has 1 aliphatic heterocycles. The zero-order valence-corrected chi connectivity index (χ0v) is 16.1. The van der Waals surface area contributed by atoms with Crippen LogP contribution in [0.2, 0.25) is 5.02 Å². The smallest absolute Gasteiger partial charge is 0.270 e. The number of amides is 4. The van der Waals surface area contributed by atoms with Crippen molar-refractivity contribution >= 4 is 40.9 Å². The van der Waals surface area contributed by atoms with E-state index < -0.39 is 29.2 Å². The Hall–Kier alpha value is -3.79. The Kier molecular flexibility index (Phi) is 6.07. The summed E-state index contributed by atoms with van der Waals surface area (Å²) in [7, 11) is 0. The number of carbonyl (C=O) groups is 4. The van der Waals surface area contributed by atoms with Crippen molar-refractivity contribution in [1.82, 2.24) is 15.5 Å². The highest BCUT2D eigenvalue weighted by Gasteiger charge is 2.37. The van der Waals surface area contributed by atoms with Gasteiger partial charge in [0.2, 0.25) is 5.91 Å². The molecule has 0 saturated carbocycles. The summed E-state index contributed by atoms with van der Waals surface area (Å²) in [4.78, 5) is 59.6. The molecule has 2 aromatic carbocycles. The molecule has 0 spiro atoms. The first kappa shape index (κ1) is 20.9. The summed E-state index contributed by atoms with van der Waals surface area (Å²) in [6.45, 7) is -0.334. The number of benzene rings is 2. The molecule has 10 nitrogen and oxygen atoms in total. The van der Waals surface area contributed by atoms with Crippen LogP contribution in [-0.4, -0.2) is 53.1 Å². The normalized spacial score (nSPS) is 12.5. The van der Waals surface area contributed by atoms with E-state index in [4.69, 9.17) is 11.6 Å². The van der Waals surface area contributed by atoms with E-state index >= 15 is 0 Å². The van der Waals surface area contributed by atoms with E-state index in [1.165, 1.54) is 6.07 Å². The summed E-state index contributed by atoms with van der Waals surface area (Å²) in [6.07, 6.45) is 0. The van der Waals surface area contributed by atoms with Crippen LogP contribution in [0.3, 0.4) is 0 Å². The molecule has 4 amide bonds. The molecule has 2 N–H and O–H groups in total. The lowest BCUT2D eigenvalue weighted by molar-refractivity contribution is -0.384. The van der Waals surface area contributed by atoms with Crippen molar-refractivity contribution in [1.29, 1.82) is 0 Å². The minimum absolute atomic E-state index is 0.00799. The van der Waals surface area contributed by atoms with Gasteiger partial charge in [0, 0.05) is 35.8 Å². The molecule has 0 radical (unpaired) electrons. The molecule has 154 valence electrons. The zero-order valence-electron chi connectivity index (χ0n) is 15.4. The first-order valence-corrected chi connectivity index (χ1v) is 9.11. The Morgan fingerprint density at radius 1 is 0.967 bits per heavy atom. The molecule has 3 rings (SSSR count). The van der Waals surface area contributed by atoms with Crippen LogP contribution in [0.25, 0.3) is 0 Å². The lowest BCUT2D eigenvalue weighted by Gasteiger charge is -2.13. The fourth-order valence-corrected chi connectivity index (χ4v) is 2.94. The fraction of sp³-hybridized carbons (Fsp3) is 0.158. The second kappa shape index (κ2) is 8.70. The molecule has 0 fully saturated rings. The summed E-state index contributed by atoms with van der Waals surface area (Å²) >= 11 is 5.76. The van der Waals surface area contributed by atoms with Crippen LogP contribution in [0.15, 0.2) is 42.5 Å². The molecule has 1 heterocycles. The number of nitrogens with zero attached hydrogens (tertiary/aromatic N) is 2. The monoisotopic (exact) mass is 430 g/mol. The highest BCUT2D eigenvalue weighted by atomic mass is 35.5. The first-order valence-electron chi connectivity index (χ1n) is 8.73. The summed E-state index contributed by atoms with van der Waals surface area (Å²) in [5, 5.41) is 16.4. The molecule has 30 heavy (non-hydrogen) atoms. The minimum atomic E-state index is -0.773. The number of non-ortho nitro benzene ring substituents is 1. The number of imide groups is 1. The number of nitro benzene ring substituents is 1. The average Bonchev–Trinajstić information content (AvgIpc) is 2.96. The van der Waals surface area contributed by atoms with Crippen LogP contribution >= 0.6 is 11.6 Å². The third kappa shape index (κ3) is 4.44. The Balaban J connectivity index is 1.49. The fourth-order valence-electron chi connectivity index (χ4n) is 2.82. The highest BCUT2D eigenvalue weighted by molar-refractivity contribution is 6.30. The highest BCUT2D eigenvalue weighted by Crippen LogP contribution is 2.26. The van der Waals surface area contributed by atoms with Crippen molar-refractivity contribution in [3.05, 3.63) is 74.3 Å². The van der Waals surface area contributed by atoms with E-state index in [0.29, 0.717) is 10.6 Å². The van der Waals surface area contributed by atoms with Crippen molar-refractivity contribution < 1.29 is 24.1 Å². The molecule has 0 atom stereocenters. The predicted octanol–water partition coefficient (Wildman–Crippen LogP) is 1.39. The van der Waals surface area contributed by atoms with Gasteiger partial charge in [0.15, 0.2) is 0 Å². The van der Waals surface area contributed by atoms with Crippen LogP contribution in [0, 0.1) is 10.1 Å². The molecular formula is C19H15ClN4O6. The standard InChI is InChI=1S/C19H15ClN4O6/c20-12-3-1-11(2-4-12)17(26)22-8-7-21-16(25)10-23-18(27)14-6-5-13(24(29)30)9-15(14)19(23)28/h1-6,9H,7-8,10H2,(H,21,25)(H,22,26). The lowest BCUT2D eigenvalue weighted by atomic mass is 10.1. The molecule has 2 aromatic rings. The van der Waals surface area contributed by atoms with Crippen LogP contribution in [0.1, 0.15) is 31.1 Å². The van der Waals surface area contributed by atoms with Gasteiger partial charge in [-0.1, -0.05) is 11.6 Å². The van der Waals surface area contributed by atoms with Crippen LogP contribution in [-0.2, 0) is 4.79 Å². The van der Waals surface area contributed by atoms with Gasteiger partial charge in [-0.05, 0) is 30.3 Å². The SMILES string of the molecule is O=C(CN1C(=O)c2ccc([N+](=O)[O-])cc2C1=O)NCCNC(=O)c1ccc(Cl)cc1. The molecule has 0 bridgehead atoms. The number of rotatable bonds is 7. The third-order valence-corrected chi connectivity index (χ3v) is 4.56. The van der Waals surface area contributed by atoms with E-state index in [1.54, 1.807) is 24.3 Å². The lowest BCUT2D eigenvalue weighted by Crippen LogP contribution is -2.42. The summed E-state index contributed by atoms with van der Waals surface area (Å²) in [5.41, 5.74) is -0.0191.